The largest absolute Gasteiger partial charge is 0.324 e. The van der Waals surface area contributed by atoms with E-state index in [4.69, 9.17) is 5.73 Å². The van der Waals surface area contributed by atoms with Gasteiger partial charge in [0.1, 0.15) is 11.6 Å². The summed E-state index contributed by atoms with van der Waals surface area (Å²) in [4.78, 5) is 2.39. The maximum absolute atomic E-state index is 5.64. The van der Waals surface area contributed by atoms with E-state index in [0.29, 0.717) is 6.54 Å². The minimum Gasteiger partial charge on any atom is -0.324 e. The van der Waals surface area contributed by atoms with E-state index in [1.54, 1.807) is 0 Å². The Morgan fingerprint density at radius 2 is 1.94 bits per heavy atom. The number of nitrogens with two attached hydrogens (primary N) is 1. The molecule has 2 heterocycles. The molecule has 1 aliphatic heterocycles. The van der Waals surface area contributed by atoms with Gasteiger partial charge in [0.25, 0.3) is 0 Å². The van der Waals surface area contributed by atoms with E-state index in [-0.39, 0.29) is 0 Å². The summed E-state index contributed by atoms with van der Waals surface area (Å²) in [6, 6.07) is 10.5. The summed E-state index contributed by atoms with van der Waals surface area (Å²) in [6.45, 7) is 4.23. The van der Waals surface area contributed by atoms with E-state index >= 15 is 0 Å². The maximum atomic E-state index is 5.64. The molecule has 1 aliphatic rings. The van der Waals surface area contributed by atoms with Gasteiger partial charge >= 0.3 is 0 Å². The van der Waals surface area contributed by atoms with E-state index in [2.05, 4.69) is 43.9 Å². The molecular weight excluding hydrogens is 226 g/mol. The molecular formula is C13H17N5. The van der Waals surface area contributed by atoms with Crippen molar-refractivity contribution in [3.8, 4) is 0 Å². The van der Waals surface area contributed by atoms with Gasteiger partial charge in [0.15, 0.2) is 0 Å². The zero-order valence-electron chi connectivity index (χ0n) is 10.3. The Bertz CT molecular complexity index is 519. The van der Waals surface area contributed by atoms with Gasteiger partial charge in [-0.1, -0.05) is 30.3 Å². The third-order valence-corrected chi connectivity index (χ3v) is 3.34. The molecule has 2 aromatic rings. The maximum Gasteiger partial charge on any atom is 0.147 e. The average molecular weight is 243 g/mol. The number of rotatable bonds is 3. The molecule has 3 rings (SSSR count). The smallest absolute Gasteiger partial charge is 0.147 e. The van der Waals surface area contributed by atoms with Crippen LogP contribution in [0.1, 0.15) is 17.2 Å². The molecule has 1 aromatic heterocycles. The highest BCUT2D eigenvalue weighted by Crippen LogP contribution is 2.14. The van der Waals surface area contributed by atoms with Crippen LogP contribution in [0, 0.1) is 0 Å². The molecule has 0 saturated heterocycles. The van der Waals surface area contributed by atoms with E-state index in [9.17, 15) is 0 Å². The highest BCUT2D eigenvalue weighted by molar-refractivity contribution is 5.14. The molecule has 94 valence electrons. The minimum absolute atomic E-state index is 0.464. The summed E-state index contributed by atoms with van der Waals surface area (Å²) >= 11 is 0. The first-order valence-electron chi connectivity index (χ1n) is 6.24. The van der Waals surface area contributed by atoms with Crippen molar-refractivity contribution >= 4 is 0 Å². The van der Waals surface area contributed by atoms with Gasteiger partial charge in [-0.3, -0.25) is 4.90 Å². The van der Waals surface area contributed by atoms with Gasteiger partial charge in [-0.05, 0) is 5.56 Å². The zero-order chi connectivity index (χ0) is 12.4. The lowest BCUT2D eigenvalue weighted by Crippen LogP contribution is -2.34. The molecule has 0 amide bonds. The average Bonchev–Trinajstić information content (AvgIpc) is 2.82. The summed E-state index contributed by atoms with van der Waals surface area (Å²) in [5.74, 6) is 1.92. The summed E-state index contributed by atoms with van der Waals surface area (Å²) in [5.41, 5.74) is 6.98. The summed E-state index contributed by atoms with van der Waals surface area (Å²) < 4.78 is 2.14. The molecule has 5 heteroatoms. The quantitative estimate of drug-likeness (QED) is 0.864. The molecule has 0 unspecified atom stereocenters. The highest BCUT2D eigenvalue weighted by atomic mass is 15.3. The van der Waals surface area contributed by atoms with Crippen molar-refractivity contribution in [2.45, 2.75) is 26.2 Å². The molecule has 5 nitrogen and oxygen atoms in total. The molecule has 0 aliphatic carbocycles. The molecule has 0 bridgehead atoms. The van der Waals surface area contributed by atoms with E-state index in [1.807, 2.05) is 6.07 Å². The molecule has 0 saturated carbocycles. The van der Waals surface area contributed by atoms with Crippen LogP contribution in [-0.2, 0) is 26.2 Å². The molecule has 0 spiro atoms. The van der Waals surface area contributed by atoms with Crippen molar-refractivity contribution in [1.82, 2.24) is 19.7 Å². The van der Waals surface area contributed by atoms with Gasteiger partial charge in [0, 0.05) is 19.6 Å². The van der Waals surface area contributed by atoms with Gasteiger partial charge in [0.2, 0.25) is 0 Å². The molecule has 0 atom stereocenters. The summed E-state index contributed by atoms with van der Waals surface area (Å²) in [7, 11) is 0. The lowest BCUT2D eigenvalue weighted by Gasteiger charge is -2.27. The van der Waals surface area contributed by atoms with Crippen LogP contribution in [-0.4, -0.2) is 26.2 Å². The van der Waals surface area contributed by atoms with Crippen molar-refractivity contribution in [3.63, 3.8) is 0 Å². The molecule has 0 radical (unpaired) electrons. The molecule has 1 aromatic carbocycles. The number of hydrogen-bond donors (Lipinski definition) is 1. The first-order valence-corrected chi connectivity index (χ1v) is 6.24. The highest BCUT2D eigenvalue weighted by Gasteiger charge is 2.20. The third kappa shape index (κ3) is 2.14. The second kappa shape index (κ2) is 4.88. The Hall–Kier alpha value is -1.72. The Labute approximate surface area is 106 Å². The van der Waals surface area contributed by atoms with Crippen LogP contribution in [0.2, 0.25) is 0 Å². The minimum atomic E-state index is 0.464. The summed E-state index contributed by atoms with van der Waals surface area (Å²) in [6.07, 6.45) is 0. The van der Waals surface area contributed by atoms with Gasteiger partial charge in [-0.25, -0.2) is 0 Å². The zero-order valence-corrected chi connectivity index (χ0v) is 10.3. The normalized spacial score (nSPS) is 15.6. The van der Waals surface area contributed by atoms with Crippen LogP contribution in [0.3, 0.4) is 0 Å². The number of hydrogen-bond acceptors (Lipinski definition) is 4. The fourth-order valence-electron chi connectivity index (χ4n) is 2.40. The van der Waals surface area contributed by atoms with Crippen molar-refractivity contribution in [2.75, 3.05) is 6.54 Å². The van der Waals surface area contributed by atoms with Crippen molar-refractivity contribution in [1.29, 1.82) is 0 Å². The van der Waals surface area contributed by atoms with E-state index in [1.165, 1.54) is 5.56 Å². The van der Waals surface area contributed by atoms with Gasteiger partial charge in [0.05, 0.1) is 13.1 Å². The van der Waals surface area contributed by atoms with Crippen LogP contribution in [0.4, 0.5) is 0 Å². The molecule has 18 heavy (non-hydrogen) atoms. The van der Waals surface area contributed by atoms with Gasteiger partial charge < -0.3 is 10.3 Å². The second-order valence-corrected chi connectivity index (χ2v) is 4.58. The Balaban J connectivity index is 1.72. The lowest BCUT2D eigenvalue weighted by molar-refractivity contribution is 0.207. The van der Waals surface area contributed by atoms with Crippen LogP contribution in [0.15, 0.2) is 30.3 Å². The van der Waals surface area contributed by atoms with E-state index < -0.39 is 0 Å². The SMILES string of the molecule is NCc1nnc2n1CCN(Cc1ccccc1)C2. The van der Waals surface area contributed by atoms with E-state index in [0.717, 1.165) is 37.8 Å². The van der Waals surface area contributed by atoms with Crippen molar-refractivity contribution < 1.29 is 0 Å². The molecule has 2 N–H and O–H groups in total. The monoisotopic (exact) mass is 243 g/mol. The van der Waals surface area contributed by atoms with Gasteiger partial charge in [-0.2, -0.15) is 0 Å². The Kier molecular flexibility index (Phi) is 3.08. The molecule has 0 fully saturated rings. The number of aromatic nitrogens is 3. The second-order valence-electron chi connectivity index (χ2n) is 4.58. The van der Waals surface area contributed by atoms with Crippen LogP contribution in [0.5, 0.6) is 0 Å². The lowest BCUT2D eigenvalue weighted by atomic mass is 10.2. The van der Waals surface area contributed by atoms with Crippen LogP contribution in [0.25, 0.3) is 0 Å². The van der Waals surface area contributed by atoms with Crippen molar-refractivity contribution in [2.24, 2.45) is 5.73 Å². The standard InChI is InChI=1S/C13H17N5/c14-8-12-15-16-13-10-17(6-7-18(12)13)9-11-4-2-1-3-5-11/h1-5H,6-10,14H2. The predicted octanol–water partition coefficient (Wildman–Crippen LogP) is 0.753. The van der Waals surface area contributed by atoms with Crippen LogP contribution < -0.4 is 5.73 Å². The fraction of sp³-hybridized carbons (Fsp3) is 0.385. The topological polar surface area (TPSA) is 60.0 Å². The predicted molar refractivity (Wildman–Crippen MR) is 68.5 cm³/mol. The first-order chi connectivity index (χ1) is 8.86. The van der Waals surface area contributed by atoms with Crippen LogP contribution >= 0.6 is 0 Å². The Morgan fingerprint density at radius 1 is 1.11 bits per heavy atom. The third-order valence-electron chi connectivity index (χ3n) is 3.34. The fourth-order valence-corrected chi connectivity index (χ4v) is 2.40. The first kappa shape index (κ1) is 11.4. The number of nitrogens with zero attached hydrogens (tertiary/aromatic N) is 4. The van der Waals surface area contributed by atoms with Crippen molar-refractivity contribution in [3.05, 3.63) is 47.5 Å². The Morgan fingerprint density at radius 3 is 2.72 bits per heavy atom. The number of benzene rings is 1. The van der Waals surface area contributed by atoms with Gasteiger partial charge in [-0.15, -0.1) is 10.2 Å². The number of fused-ring (bicyclic) bond motifs is 1. The summed E-state index contributed by atoms with van der Waals surface area (Å²) in [5, 5.41) is 8.33.